The number of unbranched alkanes of at least 4 members (excludes halogenated alkanes) is 2. The number of carbonyl (C=O) groups is 2. The van der Waals surface area contributed by atoms with Crippen LogP contribution < -0.4 is 0 Å². The van der Waals surface area contributed by atoms with Crippen molar-refractivity contribution >= 4 is 11.9 Å². The Morgan fingerprint density at radius 3 is 2.20 bits per heavy atom. The third-order valence-electron chi connectivity index (χ3n) is 3.33. The van der Waals surface area contributed by atoms with E-state index in [9.17, 15) is 9.59 Å². The molecule has 2 unspecified atom stereocenters. The Bertz CT molecular complexity index is 276. The first-order chi connectivity index (χ1) is 9.54. The van der Waals surface area contributed by atoms with E-state index >= 15 is 0 Å². The second kappa shape index (κ2) is 11.7. The van der Waals surface area contributed by atoms with Crippen LogP contribution >= 0.6 is 0 Å². The summed E-state index contributed by atoms with van der Waals surface area (Å²) in [6.45, 7) is 8.55. The minimum Gasteiger partial charge on any atom is -0.466 e. The molecule has 0 aliphatic rings. The van der Waals surface area contributed by atoms with Gasteiger partial charge in [-0.2, -0.15) is 0 Å². The van der Waals surface area contributed by atoms with Crippen LogP contribution in [0, 0.1) is 11.8 Å². The van der Waals surface area contributed by atoms with Gasteiger partial charge >= 0.3 is 11.9 Å². The fourth-order valence-corrected chi connectivity index (χ4v) is 2.29. The van der Waals surface area contributed by atoms with Gasteiger partial charge in [0, 0.05) is 0 Å². The zero-order valence-corrected chi connectivity index (χ0v) is 13.4. The highest BCUT2D eigenvalue weighted by molar-refractivity contribution is 5.79. The lowest BCUT2D eigenvalue weighted by Crippen LogP contribution is -2.24. The Morgan fingerprint density at radius 1 is 1.00 bits per heavy atom. The second-order valence-electron chi connectivity index (χ2n) is 5.29. The normalized spacial score (nSPS) is 13.6. The first kappa shape index (κ1) is 18.9. The van der Waals surface area contributed by atoms with Crippen LogP contribution in [0.1, 0.15) is 66.2 Å². The van der Waals surface area contributed by atoms with Crippen molar-refractivity contribution in [2.75, 3.05) is 13.2 Å². The third-order valence-corrected chi connectivity index (χ3v) is 3.33. The molecule has 0 spiro atoms. The van der Waals surface area contributed by atoms with E-state index < -0.39 is 0 Å². The van der Waals surface area contributed by atoms with E-state index in [4.69, 9.17) is 9.47 Å². The van der Waals surface area contributed by atoms with Gasteiger partial charge in [-0.15, -0.1) is 0 Å². The van der Waals surface area contributed by atoms with Gasteiger partial charge in [0.25, 0.3) is 0 Å². The fourth-order valence-electron chi connectivity index (χ4n) is 2.29. The Labute approximate surface area is 123 Å². The molecule has 0 rings (SSSR count). The van der Waals surface area contributed by atoms with Crippen LogP contribution in [-0.4, -0.2) is 25.2 Å². The van der Waals surface area contributed by atoms with Gasteiger partial charge in [-0.1, -0.05) is 39.5 Å². The molecule has 0 saturated carbocycles. The van der Waals surface area contributed by atoms with Crippen LogP contribution in [0.2, 0.25) is 0 Å². The maximum Gasteiger partial charge on any atom is 0.309 e. The van der Waals surface area contributed by atoms with E-state index in [-0.39, 0.29) is 24.3 Å². The molecule has 118 valence electrons. The molecule has 0 aromatic carbocycles. The van der Waals surface area contributed by atoms with Gasteiger partial charge in [-0.25, -0.2) is 0 Å². The van der Waals surface area contributed by atoms with Gasteiger partial charge in [0.2, 0.25) is 0 Å². The molecule has 0 N–H and O–H groups in total. The molecule has 0 aliphatic carbocycles. The summed E-state index contributed by atoms with van der Waals surface area (Å²) < 4.78 is 10.00. The smallest absolute Gasteiger partial charge is 0.309 e. The number of carbonyl (C=O) groups excluding carboxylic acids is 2. The highest BCUT2D eigenvalue weighted by atomic mass is 16.5. The Balaban J connectivity index is 4.36. The van der Waals surface area contributed by atoms with Crippen LogP contribution in [0.4, 0.5) is 0 Å². The predicted octanol–water partition coefficient (Wildman–Crippen LogP) is 3.73. The number of hydrogen-bond acceptors (Lipinski definition) is 4. The highest BCUT2D eigenvalue weighted by Gasteiger charge is 2.25. The molecular formula is C16H30O4. The molecule has 0 saturated heterocycles. The van der Waals surface area contributed by atoms with Crippen molar-refractivity contribution in [3.63, 3.8) is 0 Å². The Morgan fingerprint density at radius 2 is 1.65 bits per heavy atom. The third kappa shape index (κ3) is 8.94. The standard InChI is InChI=1S/C16H30O4/c1-5-8-9-10-13(4)11-14(16(18)20-7-3)12-15(17)19-6-2/h13-14H,5-12H2,1-4H3. The number of ether oxygens (including phenoxy) is 2. The van der Waals surface area contributed by atoms with Gasteiger partial charge in [-0.3, -0.25) is 9.59 Å². The molecule has 2 atom stereocenters. The number of hydrogen-bond donors (Lipinski definition) is 0. The molecule has 0 aliphatic heterocycles. The Kier molecular flexibility index (Phi) is 11.1. The van der Waals surface area contributed by atoms with Crippen molar-refractivity contribution < 1.29 is 19.1 Å². The summed E-state index contributed by atoms with van der Waals surface area (Å²) in [6, 6.07) is 0. The summed E-state index contributed by atoms with van der Waals surface area (Å²) >= 11 is 0. The maximum absolute atomic E-state index is 11.9. The van der Waals surface area contributed by atoms with Crippen molar-refractivity contribution in [2.45, 2.75) is 66.2 Å². The highest BCUT2D eigenvalue weighted by Crippen LogP contribution is 2.22. The summed E-state index contributed by atoms with van der Waals surface area (Å²) in [4.78, 5) is 23.5. The SMILES string of the molecule is CCCCCC(C)CC(CC(=O)OCC)C(=O)OCC. The van der Waals surface area contributed by atoms with E-state index in [0.717, 1.165) is 6.42 Å². The predicted molar refractivity (Wildman–Crippen MR) is 79.3 cm³/mol. The second-order valence-corrected chi connectivity index (χ2v) is 5.29. The first-order valence-corrected chi connectivity index (χ1v) is 7.87. The Hall–Kier alpha value is -1.06. The minimum atomic E-state index is -0.370. The van der Waals surface area contributed by atoms with E-state index in [0.29, 0.717) is 25.6 Å². The summed E-state index contributed by atoms with van der Waals surface area (Å²) in [5.74, 6) is -0.537. The molecule has 0 radical (unpaired) electrons. The summed E-state index contributed by atoms with van der Waals surface area (Å²) in [7, 11) is 0. The van der Waals surface area contributed by atoms with Gasteiger partial charge < -0.3 is 9.47 Å². The summed E-state index contributed by atoms with van der Waals surface area (Å²) in [5, 5.41) is 0. The van der Waals surface area contributed by atoms with E-state index in [1.165, 1.54) is 19.3 Å². The summed E-state index contributed by atoms with van der Waals surface area (Å²) in [6.07, 6.45) is 5.49. The van der Waals surface area contributed by atoms with Gasteiger partial charge in [0.1, 0.15) is 0 Å². The lowest BCUT2D eigenvalue weighted by atomic mass is 9.90. The molecule has 0 fully saturated rings. The van der Waals surface area contributed by atoms with Crippen LogP contribution in [0.15, 0.2) is 0 Å². The van der Waals surface area contributed by atoms with E-state index in [1.54, 1.807) is 13.8 Å². The van der Waals surface area contributed by atoms with E-state index in [2.05, 4.69) is 13.8 Å². The van der Waals surface area contributed by atoms with E-state index in [1.807, 2.05) is 0 Å². The van der Waals surface area contributed by atoms with Gasteiger partial charge in [-0.05, 0) is 26.2 Å². The van der Waals surface area contributed by atoms with Crippen LogP contribution in [-0.2, 0) is 19.1 Å². The van der Waals surface area contributed by atoms with Gasteiger partial charge in [0.05, 0.1) is 25.6 Å². The quantitative estimate of drug-likeness (QED) is 0.429. The molecular weight excluding hydrogens is 256 g/mol. The largest absolute Gasteiger partial charge is 0.466 e. The topological polar surface area (TPSA) is 52.6 Å². The monoisotopic (exact) mass is 286 g/mol. The van der Waals surface area contributed by atoms with Crippen molar-refractivity contribution in [3.05, 3.63) is 0 Å². The number of esters is 2. The zero-order chi connectivity index (χ0) is 15.4. The molecule has 0 aromatic heterocycles. The van der Waals surface area contributed by atoms with Crippen LogP contribution in [0.5, 0.6) is 0 Å². The maximum atomic E-state index is 11.9. The molecule has 0 amide bonds. The minimum absolute atomic E-state index is 0.130. The van der Waals surface area contributed by atoms with Crippen molar-refractivity contribution in [2.24, 2.45) is 11.8 Å². The van der Waals surface area contributed by atoms with Crippen molar-refractivity contribution in [1.29, 1.82) is 0 Å². The fraction of sp³-hybridized carbons (Fsp3) is 0.875. The summed E-state index contributed by atoms with van der Waals surface area (Å²) in [5.41, 5.74) is 0. The van der Waals surface area contributed by atoms with Crippen LogP contribution in [0.3, 0.4) is 0 Å². The zero-order valence-electron chi connectivity index (χ0n) is 13.4. The van der Waals surface area contributed by atoms with Crippen molar-refractivity contribution in [3.8, 4) is 0 Å². The van der Waals surface area contributed by atoms with Crippen LogP contribution in [0.25, 0.3) is 0 Å². The molecule has 4 heteroatoms. The lowest BCUT2D eigenvalue weighted by molar-refractivity contribution is -0.155. The average Bonchev–Trinajstić information content (AvgIpc) is 2.39. The lowest BCUT2D eigenvalue weighted by Gasteiger charge is -2.19. The molecule has 4 nitrogen and oxygen atoms in total. The number of rotatable bonds is 11. The first-order valence-electron chi connectivity index (χ1n) is 7.87. The average molecular weight is 286 g/mol. The molecule has 0 bridgehead atoms. The molecule has 0 heterocycles. The van der Waals surface area contributed by atoms with Gasteiger partial charge in [0.15, 0.2) is 0 Å². The van der Waals surface area contributed by atoms with Crippen molar-refractivity contribution in [1.82, 2.24) is 0 Å². The molecule has 20 heavy (non-hydrogen) atoms. The molecule has 0 aromatic rings.